The molecule has 1 aliphatic heterocycles. The molecule has 0 aliphatic carbocycles. The highest BCUT2D eigenvalue weighted by atomic mass is 16.3. The van der Waals surface area contributed by atoms with E-state index in [1.54, 1.807) is 0 Å². The molecule has 0 atom stereocenters. The number of nitrogens with one attached hydrogen (secondary N) is 3. The van der Waals surface area contributed by atoms with Crippen LogP contribution in [0.3, 0.4) is 0 Å². The standard InChI is InChI=1S/C18H27N5O2/c19-11-15-2-1-3-16(10-15)12-23-8-4-17(14-25)18(13-23)22-21-6-5-20-7-9-24/h1-3,10,20-22,24-25H,4-9,12-14H2. The molecule has 136 valence electrons. The second-order valence-corrected chi connectivity index (χ2v) is 6.04. The molecule has 0 amide bonds. The van der Waals surface area contributed by atoms with Gasteiger partial charge < -0.3 is 21.0 Å². The lowest BCUT2D eigenvalue weighted by molar-refractivity contribution is 0.246. The van der Waals surface area contributed by atoms with Crippen LogP contribution < -0.4 is 16.2 Å². The average molecular weight is 345 g/mol. The summed E-state index contributed by atoms with van der Waals surface area (Å²) in [4.78, 5) is 2.30. The Kier molecular flexibility index (Phi) is 8.39. The number of rotatable bonds is 10. The Morgan fingerprint density at radius 2 is 2.08 bits per heavy atom. The first-order valence-electron chi connectivity index (χ1n) is 8.60. The summed E-state index contributed by atoms with van der Waals surface area (Å²) in [6.45, 7) is 4.63. The Bertz CT molecular complexity index is 612. The van der Waals surface area contributed by atoms with E-state index in [1.165, 1.54) is 0 Å². The molecule has 1 aliphatic rings. The number of hydrogen-bond donors (Lipinski definition) is 5. The maximum Gasteiger partial charge on any atom is 0.0991 e. The third kappa shape index (κ3) is 6.46. The van der Waals surface area contributed by atoms with Crippen molar-refractivity contribution in [3.05, 3.63) is 46.7 Å². The minimum atomic E-state index is 0.0601. The van der Waals surface area contributed by atoms with Gasteiger partial charge in [0.1, 0.15) is 0 Å². The van der Waals surface area contributed by atoms with Gasteiger partial charge in [-0.1, -0.05) is 12.1 Å². The van der Waals surface area contributed by atoms with Crippen molar-refractivity contribution in [2.24, 2.45) is 0 Å². The minimum absolute atomic E-state index is 0.0601. The molecule has 1 heterocycles. The Labute approximate surface area is 148 Å². The van der Waals surface area contributed by atoms with E-state index in [1.807, 2.05) is 24.3 Å². The molecule has 1 aromatic rings. The molecule has 1 aromatic carbocycles. The van der Waals surface area contributed by atoms with Gasteiger partial charge in [-0.2, -0.15) is 5.26 Å². The first-order valence-corrected chi connectivity index (χ1v) is 8.60. The molecule has 7 nitrogen and oxygen atoms in total. The number of nitrogens with zero attached hydrogens (tertiary/aromatic N) is 2. The van der Waals surface area contributed by atoms with Crippen molar-refractivity contribution in [2.45, 2.75) is 13.0 Å². The smallest absolute Gasteiger partial charge is 0.0991 e. The number of hydrogen-bond acceptors (Lipinski definition) is 7. The molecular formula is C18H27N5O2. The third-order valence-corrected chi connectivity index (χ3v) is 4.15. The normalized spacial score (nSPS) is 15.2. The SMILES string of the molecule is N#Cc1cccc(CN2CCC(CO)=C(NNCCNCCO)C2)c1. The second kappa shape index (κ2) is 10.8. The highest BCUT2D eigenvalue weighted by Gasteiger charge is 2.18. The van der Waals surface area contributed by atoms with Crippen LogP contribution in [-0.2, 0) is 6.54 Å². The van der Waals surface area contributed by atoms with Crippen molar-refractivity contribution < 1.29 is 10.2 Å². The molecule has 0 spiro atoms. The van der Waals surface area contributed by atoms with Gasteiger partial charge in [0.15, 0.2) is 0 Å². The summed E-state index contributed by atoms with van der Waals surface area (Å²) in [6, 6.07) is 9.85. The molecule has 7 heteroatoms. The monoisotopic (exact) mass is 345 g/mol. The zero-order valence-electron chi connectivity index (χ0n) is 14.5. The first kappa shape index (κ1) is 19.4. The van der Waals surface area contributed by atoms with E-state index in [9.17, 15) is 5.11 Å². The number of aliphatic hydroxyl groups is 2. The molecule has 0 aromatic heterocycles. The van der Waals surface area contributed by atoms with Gasteiger partial charge in [0, 0.05) is 45.0 Å². The van der Waals surface area contributed by atoms with Crippen LogP contribution >= 0.6 is 0 Å². The molecular weight excluding hydrogens is 318 g/mol. The van der Waals surface area contributed by atoms with Crippen LogP contribution in [0, 0.1) is 11.3 Å². The summed E-state index contributed by atoms with van der Waals surface area (Å²) in [7, 11) is 0. The first-order chi connectivity index (χ1) is 12.3. The average Bonchev–Trinajstić information content (AvgIpc) is 2.65. The predicted molar refractivity (Wildman–Crippen MR) is 96.3 cm³/mol. The van der Waals surface area contributed by atoms with Crippen molar-refractivity contribution in [3.8, 4) is 6.07 Å². The van der Waals surface area contributed by atoms with Crippen molar-refractivity contribution in [1.29, 1.82) is 5.26 Å². The summed E-state index contributed by atoms with van der Waals surface area (Å²) in [5.74, 6) is 0. The van der Waals surface area contributed by atoms with Crippen LogP contribution in [0.2, 0.25) is 0 Å². The van der Waals surface area contributed by atoms with Crippen molar-refractivity contribution in [3.63, 3.8) is 0 Å². The van der Waals surface area contributed by atoms with E-state index in [0.717, 1.165) is 49.4 Å². The van der Waals surface area contributed by atoms with Crippen molar-refractivity contribution in [1.82, 2.24) is 21.1 Å². The number of nitriles is 1. The van der Waals surface area contributed by atoms with Gasteiger partial charge in [-0.25, -0.2) is 5.43 Å². The molecule has 5 N–H and O–H groups in total. The predicted octanol–water partition coefficient (Wildman–Crippen LogP) is -0.314. The van der Waals surface area contributed by atoms with E-state index >= 15 is 0 Å². The van der Waals surface area contributed by atoms with E-state index in [2.05, 4.69) is 27.1 Å². The molecule has 25 heavy (non-hydrogen) atoms. The second-order valence-electron chi connectivity index (χ2n) is 6.04. The van der Waals surface area contributed by atoms with Gasteiger partial charge in [0.05, 0.1) is 24.8 Å². The number of hydrazine groups is 1. The van der Waals surface area contributed by atoms with Crippen molar-refractivity contribution in [2.75, 3.05) is 45.9 Å². The summed E-state index contributed by atoms with van der Waals surface area (Å²) >= 11 is 0. The Morgan fingerprint density at radius 3 is 2.84 bits per heavy atom. The number of aliphatic hydroxyl groups excluding tert-OH is 2. The van der Waals surface area contributed by atoms with Gasteiger partial charge in [0.25, 0.3) is 0 Å². The fourth-order valence-electron chi connectivity index (χ4n) is 2.82. The van der Waals surface area contributed by atoms with Crippen LogP contribution in [0.4, 0.5) is 0 Å². The molecule has 0 saturated carbocycles. The quantitative estimate of drug-likeness (QED) is 0.293. The van der Waals surface area contributed by atoms with Gasteiger partial charge >= 0.3 is 0 Å². The van der Waals surface area contributed by atoms with Gasteiger partial charge in [-0.3, -0.25) is 4.90 Å². The van der Waals surface area contributed by atoms with Crippen LogP contribution in [0.1, 0.15) is 17.5 Å². The summed E-state index contributed by atoms with van der Waals surface area (Å²) in [6.07, 6.45) is 0.821. The zero-order chi connectivity index (χ0) is 17.9. The summed E-state index contributed by atoms with van der Waals surface area (Å²) < 4.78 is 0. The number of benzene rings is 1. The van der Waals surface area contributed by atoms with Gasteiger partial charge in [0.2, 0.25) is 0 Å². The van der Waals surface area contributed by atoms with E-state index in [4.69, 9.17) is 10.4 Å². The largest absolute Gasteiger partial charge is 0.395 e. The van der Waals surface area contributed by atoms with Gasteiger partial charge in [-0.05, 0) is 29.7 Å². The fourth-order valence-corrected chi connectivity index (χ4v) is 2.82. The lowest BCUT2D eigenvalue weighted by Gasteiger charge is -2.31. The lowest BCUT2D eigenvalue weighted by atomic mass is 10.0. The van der Waals surface area contributed by atoms with Crippen LogP contribution in [0.5, 0.6) is 0 Å². The van der Waals surface area contributed by atoms with Crippen molar-refractivity contribution >= 4 is 0 Å². The van der Waals surface area contributed by atoms with Crippen LogP contribution in [0.25, 0.3) is 0 Å². The molecule has 0 saturated heterocycles. The Balaban J connectivity index is 1.86. The van der Waals surface area contributed by atoms with Crippen LogP contribution in [-0.4, -0.2) is 61.1 Å². The van der Waals surface area contributed by atoms with E-state index in [-0.39, 0.29) is 13.2 Å². The van der Waals surface area contributed by atoms with Crippen LogP contribution in [0.15, 0.2) is 35.5 Å². The van der Waals surface area contributed by atoms with E-state index < -0.39 is 0 Å². The zero-order valence-corrected chi connectivity index (χ0v) is 14.5. The van der Waals surface area contributed by atoms with E-state index in [0.29, 0.717) is 18.7 Å². The third-order valence-electron chi connectivity index (χ3n) is 4.15. The molecule has 2 rings (SSSR count). The maximum atomic E-state index is 9.56. The molecule has 0 fully saturated rings. The fraction of sp³-hybridized carbons (Fsp3) is 0.500. The lowest BCUT2D eigenvalue weighted by Crippen LogP contribution is -2.43. The Morgan fingerprint density at radius 1 is 1.20 bits per heavy atom. The molecule has 0 unspecified atom stereocenters. The summed E-state index contributed by atoms with van der Waals surface area (Å²) in [5, 5.41) is 30.4. The topological polar surface area (TPSA) is 104 Å². The Hall–Kier alpha value is -1.95. The minimum Gasteiger partial charge on any atom is -0.395 e. The maximum absolute atomic E-state index is 9.56. The molecule has 0 radical (unpaired) electrons. The highest BCUT2D eigenvalue weighted by Crippen LogP contribution is 2.18. The molecule has 0 bridgehead atoms. The summed E-state index contributed by atoms with van der Waals surface area (Å²) in [5.41, 5.74) is 10.2. The van der Waals surface area contributed by atoms with Gasteiger partial charge in [-0.15, -0.1) is 0 Å². The highest BCUT2D eigenvalue weighted by molar-refractivity contribution is 5.33.